The van der Waals surface area contributed by atoms with Gasteiger partial charge >= 0.3 is 0 Å². The van der Waals surface area contributed by atoms with Gasteiger partial charge in [0.2, 0.25) is 0 Å². The molecule has 0 saturated carbocycles. The zero-order valence-electron chi connectivity index (χ0n) is 12.5. The average molecular weight is 342 g/mol. The van der Waals surface area contributed by atoms with Gasteiger partial charge in [-0.2, -0.15) is 0 Å². The minimum Gasteiger partial charge on any atom is -0.493 e. The van der Waals surface area contributed by atoms with Gasteiger partial charge in [0.1, 0.15) is 5.75 Å². The number of nitrogens with one attached hydrogen (secondary N) is 1. The summed E-state index contributed by atoms with van der Waals surface area (Å²) in [5.74, 6) is 0.989. The number of fused-ring (bicyclic) bond motifs is 1. The van der Waals surface area contributed by atoms with Crippen LogP contribution in [0.4, 0.5) is 0 Å². The maximum atomic E-state index is 5.84. The highest BCUT2D eigenvalue weighted by Gasteiger charge is 2.23. The Morgan fingerprint density at radius 1 is 1.45 bits per heavy atom. The molecule has 2 rings (SSSR count). The summed E-state index contributed by atoms with van der Waals surface area (Å²) >= 11 is 3.51. The Morgan fingerprint density at radius 3 is 3.00 bits per heavy atom. The topological polar surface area (TPSA) is 30.5 Å². The molecular formula is C16H24BrNO2. The number of hydrogen-bond acceptors (Lipinski definition) is 3. The highest BCUT2D eigenvalue weighted by Crippen LogP contribution is 2.33. The maximum Gasteiger partial charge on any atom is 0.125 e. The normalized spacial score (nSPS) is 19.1. The van der Waals surface area contributed by atoms with Gasteiger partial charge in [0.25, 0.3) is 0 Å². The van der Waals surface area contributed by atoms with E-state index in [-0.39, 0.29) is 5.60 Å². The fraction of sp³-hybridized carbons (Fsp3) is 0.625. The summed E-state index contributed by atoms with van der Waals surface area (Å²) in [5.41, 5.74) is 1.11. The Hall–Kier alpha value is -0.580. The molecule has 4 heteroatoms. The summed E-state index contributed by atoms with van der Waals surface area (Å²) in [7, 11) is 0. The lowest BCUT2D eigenvalue weighted by atomic mass is 10.0. The summed E-state index contributed by atoms with van der Waals surface area (Å²) < 4.78 is 12.7. The molecule has 0 fully saturated rings. The van der Waals surface area contributed by atoms with Gasteiger partial charge in [-0.15, -0.1) is 0 Å². The summed E-state index contributed by atoms with van der Waals surface area (Å²) in [4.78, 5) is 0. The summed E-state index contributed by atoms with van der Waals surface area (Å²) in [6.45, 7) is 8.65. The standard InChI is InChI=1S/C16H24BrNO2/c1-4-20-16(2,3)11-18-14-6-5-9-19-15-10-12(17)7-8-13(14)15/h7-8,10,14,18H,4-6,9,11H2,1-3H3. The molecule has 20 heavy (non-hydrogen) atoms. The molecule has 1 aromatic carbocycles. The first-order chi connectivity index (χ1) is 9.52. The molecule has 1 N–H and O–H groups in total. The molecule has 1 unspecified atom stereocenters. The first kappa shape index (κ1) is 15.8. The summed E-state index contributed by atoms with van der Waals surface area (Å²) in [6.07, 6.45) is 2.16. The van der Waals surface area contributed by atoms with Gasteiger partial charge in [-0.25, -0.2) is 0 Å². The number of benzene rings is 1. The lowest BCUT2D eigenvalue weighted by Gasteiger charge is -2.28. The van der Waals surface area contributed by atoms with Crippen molar-refractivity contribution in [1.82, 2.24) is 5.32 Å². The van der Waals surface area contributed by atoms with Crippen LogP contribution in [0, 0.1) is 0 Å². The molecule has 0 aliphatic carbocycles. The Morgan fingerprint density at radius 2 is 2.25 bits per heavy atom. The monoisotopic (exact) mass is 341 g/mol. The Kier molecular flexibility index (Phi) is 5.47. The predicted molar refractivity (Wildman–Crippen MR) is 85.3 cm³/mol. The van der Waals surface area contributed by atoms with Crippen LogP contribution in [-0.4, -0.2) is 25.4 Å². The van der Waals surface area contributed by atoms with Crippen LogP contribution in [-0.2, 0) is 4.74 Å². The Labute approximate surface area is 130 Å². The van der Waals surface area contributed by atoms with Crippen molar-refractivity contribution in [1.29, 1.82) is 0 Å². The van der Waals surface area contributed by atoms with E-state index in [4.69, 9.17) is 9.47 Å². The lowest BCUT2D eigenvalue weighted by Crippen LogP contribution is -2.39. The quantitative estimate of drug-likeness (QED) is 0.875. The average Bonchev–Trinajstić information content (AvgIpc) is 2.58. The van der Waals surface area contributed by atoms with E-state index in [9.17, 15) is 0 Å². The fourth-order valence-electron chi connectivity index (χ4n) is 2.57. The summed E-state index contributed by atoms with van der Waals surface area (Å²) in [5, 5.41) is 3.64. The number of halogens is 1. The Balaban J connectivity index is 2.09. The van der Waals surface area contributed by atoms with Crippen LogP contribution in [0.2, 0.25) is 0 Å². The largest absolute Gasteiger partial charge is 0.493 e. The van der Waals surface area contributed by atoms with Gasteiger partial charge in [0, 0.05) is 29.2 Å². The molecule has 112 valence electrons. The zero-order chi connectivity index (χ0) is 14.6. The van der Waals surface area contributed by atoms with Crippen molar-refractivity contribution in [2.24, 2.45) is 0 Å². The maximum absolute atomic E-state index is 5.84. The van der Waals surface area contributed by atoms with Crippen LogP contribution < -0.4 is 10.1 Å². The second kappa shape index (κ2) is 6.92. The highest BCUT2D eigenvalue weighted by molar-refractivity contribution is 9.10. The molecule has 0 spiro atoms. The van der Waals surface area contributed by atoms with E-state index in [0.717, 1.165) is 42.8 Å². The first-order valence-corrected chi connectivity index (χ1v) is 8.11. The summed E-state index contributed by atoms with van der Waals surface area (Å²) in [6, 6.07) is 6.62. The fourth-order valence-corrected chi connectivity index (χ4v) is 2.91. The minimum atomic E-state index is -0.141. The number of hydrogen-bond donors (Lipinski definition) is 1. The van der Waals surface area contributed by atoms with E-state index in [2.05, 4.69) is 53.3 Å². The van der Waals surface area contributed by atoms with Crippen LogP contribution in [0.1, 0.15) is 45.2 Å². The Bertz CT molecular complexity index is 448. The zero-order valence-corrected chi connectivity index (χ0v) is 14.1. The van der Waals surface area contributed by atoms with Gasteiger partial charge in [0.05, 0.1) is 12.2 Å². The molecule has 1 atom stereocenters. The molecular weight excluding hydrogens is 318 g/mol. The second-order valence-corrected chi connectivity index (χ2v) is 6.71. The van der Waals surface area contributed by atoms with Gasteiger partial charge in [-0.05, 0) is 45.7 Å². The molecule has 1 aliphatic rings. The van der Waals surface area contributed by atoms with Gasteiger partial charge in [0.15, 0.2) is 0 Å². The van der Waals surface area contributed by atoms with Crippen molar-refractivity contribution in [3.8, 4) is 5.75 Å². The number of rotatable bonds is 5. The molecule has 3 nitrogen and oxygen atoms in total. The van der Waals surface area contributed by atoms with E-state index in [0.29, 0.717) is 6.04 Å². The first-order valence-electron chi connectivity index (χ1n) is 7.31. The molecule has 1 aliphatic heterocycles. The van der Waals surface area contributed by atoms with Crippen molar-refractivity contribution < 1.29 is 9.47 Å². The third-order valence-corrected chi connectivity index (χ3v) is 4.05. The number of ether oxygens (including phenoxy) is 2. The van der Waals surface area contributed by atoms with Gasteiger partial charge in [-0.3, -0.25) is 0 Å². The van der Waals surface area contributed by atoms with Crippen molar-refractivity contribution >= 4 is 15.9 Å². The third kappa shape index (κ3) is 4.21. The molecule has 0 radical (unpaired) electrons. The molecule has 0 bridgehead atoms. The SMILES string of the molecule is CCOC(C)(C)CNC1CCCOc2cc(Br)ccc21. The van der Waals surface area contributed by atoms with E-state index >= 15 is 0 Å². The smallest absolute Gasteiger partial charge is 0.125 e. The van der Waals surface area contributed by atoms with Gasteiger partial charge in [-0.1, -0.05) is 22.0 Å². The van der Waals surface area contributed by atoms with Crippen LogP contribution in [0.25, 0.3) is 0 Å². The second-order valence-electron chi connectivity index (χ2n) is 5.80. The van der Waals surface area contributed by atoms with Crippen LogP contribution in [0.5, 0.6) is 5.75 Å². The highest BCUT2D eigenvalue weighted by atomic mass is 79.9. The van der Waals surface area contributed by atoms with E-state index in [1.165, 1.54) is 5.56 Å². The molecule has 1 aromatic rings. The van der Waals surface area contributed by atoms with Crippen molar-refractivity contribution in [3.05, 3.63) is 28.2 Å². The minimum absolute atomic E-state index is 0.141. The van der Waals surface area contributed by atoms with E-state index < -0.39 is 0 Å². The van der Waals surface area contributed by atoms with E-state index in [1.807, 2.05) is 6.92 Å². The molecule has 0 saturated heterocycles. The predicted octanol–water partition coefficient (Wildman–Crippen LogP) is 4.07. The van der Waals surface area contributed by atoms with Crippen LogP contribution >= 0.6 is 15.9 Å². The molecule has 0 aromatic heterocycles. The third-order valence-electron chi connectivity index (χ3n) is 3.55. The van der Waals surface area contributed by atoms with Crippen LogP contribution in [0.15, 0.2) is 22.7 Å². The molecule has 1 heterocycles. The van der Waals surface area contributed by atoms with Crippen molar-refractivity contribution in [2.45, 2.75) is 45.3 Å². The van der Waals surface area contributed by atoms with Gasteiger partial charge < -0.3 is 14.8 Å². The van der Waals surface area contributed by atoms with Crippen molar-refractivity contribution in [3.63, 3.8) is 0 Å². The molecule has 0 amide bonds. The van der Waals surface area contributed by atoms with E-state index in [1.54, 1.807) is 0 Å². The van der Waals surface area contributed by atoms with Crippen LogP contribution in [0.3, 0.4) is 0 Å². The lowest BCUT2D eigenvalue weighted by molar-refractivity contribution is -0.0108. The van der Waals surface area contributed by atoms with Crippen molar-refractivity contribution in [2.75, 3.05) is 19.8 Å².